The van der Waals surface area contributed by atoms with E-state index < -0.39 is 11.9 Å². The Morgan fingerprint density at radius 1 is 1.24 bits per heavy atom. The summed E-state index contributed by atoms with van der Waals surface area (Å²) in [6.07, 6.45) is -0.0115. The second kappa shape index (κ2) is 7.89. The molecular formula is C22H24F3N3O. The van der Waals surface area contributed by atoms with Crippen LogP contribution in [0.3, 0.4) is 0 Å². The number of benzene rings is 1. The molecular weight excluding hydrogens is 379 g/mol. The maximum Gasteiger partial charge on any atom is 0.433 e. The van der Waals surface area contributed by atoms with Crippen LogP contribution in [0, 0.1) is 13.8 Å². The standard InChI is InChI=1S/C22H24F3N3O/c1-12(2)9-20(29)28-21-13(3)10-17-16(14(21)4)6-7-18(17)27-15-5-8-19(26-11-15)22(23,24)25/h5,8-11,18,27H,6-7H2,1-4H3,(H,28,29). The molecule has 0 saturated carbocycles. The molecule has 2 N–H and O–H groups in total. The number of alkyl halides is 3. The van der Waals surface area contributed by atoms with Gasteiger partial charge in [0.05, 0.1) is 17.9 Å². The molecule has 1 aliphatic carbocycles. The smallest absolute Gasteiger partial charge is 0.377 e. The van der Waals surface area contributed by atoms with Crippen molar-refractivity contribution in [1.29, 1.82) is 0 Å². The lowest BCUT2D eigenvalue weighted by Gasteiger charge is -2.19. The van der Waals surface area contributed by atoms with Crippen molar-refractivity contribution in [1.82, 2.24) is 4.98 Å². The van der Waals surface area contributed by atoms with Crippen LogP contribution in [0.1, 0.15) is 54.3 Å². The fraction of sp³-hybridized carbons (Fsp3) is 0.364. The van der Waals surface area contributed by atoms with Gasteiger partial charge in [-0.25, -0.2) is 4.98 Å². The number of nitrogens with one attached hydrogen (secondary N) is 2. The summed E-state index contributed by atoms with van der Waals surface area (Å²) in [6.45, 7) is 7.68. The minimum absolute atomic E-state index is 0.0107. The van der Waals surface area contributed by atoms with E-state index in [1.165, 1.54) is 17.8 Å². The Morgan fingerprint density at radius 2 is 1.97 bits per heavy atom. The number of allylic oxidation sites excluding steroid dienone is 1. The van der Waals surface area contributed by atoms with Gasteiger partial charge in [0.2, 0.25) is 5.91 Å². The van der Waals surface area contributed by atoms with Crippen molar-refractivity contribution in [2.75, 3.05) is 10.6 Å². The quantitative estimate of drug-likeness (QED) is 0.642. The predicted molar refractivity (Wildman–Crippen MR) is 108 cm³/mol. The van der Waals surface area contributed by atoms with Crippen LogP contribution in [0.2, 0.25) is 0 Å². The number of carbonyl (C=O) groups excluding carboxylic acids is 1. The summed E-state index contributed by atoms with van der Waals surface area (Å²) in [5.74, 6) is -0.153. The van der Waals surface area contributed by atoms with Gasteiger partial charge in [0, 0.05) is 11.8 Å². The van der Waals surface area contributed by atoms with Crippen molar-refractivity contribution in [3.05, 3.63) is 64.0 Å². The number of anilines is 2. The first-order chi connectivity index (χ1) is 13.6. The summed E-state index contributed by atoms with van der Waals surface area (Å²) in [6, 6.07) is 4.42. The van der Waals surface area contributed by atoms with Crippen molar-refractivity contribution in [3.63, 3.8) is 0 Å². The number of carbonyl (C=O) groups is 1. The molecule has 29 heavy (non-hydrogen) atoms. The zero-order valence-electron chi connectivity index (χ0n) is 16.9. The van der Waals surface area contributed by atoms with E-state index in [-0.39, 0.29) is 11.9 Å². The van der Waals surface area contributed by atoms with Gasteiger partial charge in [-0.2, -0.15) is 13.2 Å². The molecule has 1 heterocycles. The molecule has 0 fully saturated rings. The van der Waals surface area contributed by atoms with E-state index in [4.69, 9.17) is 0 Å². The normalized spacial score (nSPS) is 15.6. The van der Waals surface area contributed by atoms with Crippen LogP contribution in [0.25, 0.3) is 0 Å². The molecule has 0 saturated heterocycles. The van der Waals surface area contributed by atoms with Crippen molar-refractivity contribution in [2.45, 2.75) is 52.8 Å². The number of pyridine rings is 1. The first-order valence-electron chi connectivity index (χ1n) is 9.45. The van der Waals surface area contributed by atoms with Gasteiger partial charge in [0.1, 0.15) is 5.69 Å². The number of fused-ring (bicyclic) bond motifs is 1. The minimum Gasteiger partial charge on any atom is -0.377 e. The fourth-order valence-electron chi connectivity index (χ4n) is 3.75. The molecule has 0 radical (unpaired) electrons. The lowest BCUT2D eigenvalue weighted by molar-refractivity contribution is -0.141. The van der Waals surface area contributed by atoms with Crippen molar-refractivity contribution < 1.29 is 18.0 Å². The summed E-state index contributed by atoms with van der Waals surface area (Å²) < 4.78 is 38.1. The molecule has 1 unspecified atom stereocenters. The largest absolute Gasteiger partial charge is 0.433 e. The molecule has 0 bridgehead atoms. The van der Waals surface area contributed by atoms with E-state index in [0.29, 0.717) is 5.69 Å². The van der Waals surface area contributed by atoms with Gasteiger partial charge in [-0.1, -0.05) is 11.6 Å². The third-order valence-corrected chi connectivity index (χ3v) is 5.06. The average Bonchev–Trinajstić information content (AvgIpc) is 3.00. The summed E-state index contributed by atoms with van der Waals surface area (Å²) >= 11 is 0. The molecule has 0 aliphatic heterocycles. The van der Waals surface area contributed by atoms with E-state index in [1.54, 1.807) is 6.08 Å². The second-order valence-electron chi connectivity index (χ2n) is 7.64. The summed E-state index contributed by atoms with van der Waals surface area (Å²) in [4.78, 5) is 15.7. The van der Waals surface area contributed by atoms with Crippen LogP contribution in [0.5, 0.6) is 0 Å². The molecule has 1 amide bonds. The number of nitrogens with zero attached hydrogens (tertiary/aromatic N) is 1. The Kier molecular flexibility index (Phi) is 5.68. The first-order valence-corrected chi connectivity index (χ1v) is 9.45. The lowest BCUT2D eigenvalue weighted by atomic mass is 9.97. The molecule has 2 aromatic rings. The molecule has 1 aromatic carbocycles. The molecule has 3 rings (SSSR count). The van der Waals surface area contributed by atoms with E-state index in [1.807, 2.05) is 33.8 Å². The lowest BCUT2D eigenvalue weighted by Crippen LogP contribution is -2.13. The van der Waals surface area contributed by atoms with Crippen LogP contribution in [-0.4, -0.2) is 10.9 Å². The highest BCUT2D eigenvalue weighted by molar-refractivity contribution is 6.00. The Labute approximate surface area is 168 Å². The van der Waals surface area contributed by atoms with E-state index in [0.717, 1.165) is 46.9 Å². The zero-order valence-corrected chi connectivity index (χ0v) is 16.9. The SMILES string of the molecule is CC(C)=CC(=O)Nc1c(C)cc2c(c1C)CCC2Nc1ccc(C(F)(F)F)nc1. The summed E-state index contributed by atoms with van der Waals surface area (Å²) in [5, 5.41) is 6.26. The van der Waals surface area contributed by atoms with Gasteiger partial charge in [-0.05, 0) is 74.9 Å². The van der Waals surface area contributed by atoms with Gasteiger partial charge in [-0.3, -0.25) is 4.79 Å². The van der Waals surface area contributed by atoms with Crippen LogP contribution in [-0.2, 0) is 17.4 Å². The Hall–Kier alpha value is -2.83. The highest BCUT2D eigenvalue weighted by Crippen LogP contribution is 2.40. The molecule has 7 heteroatoms. The number of aryl methyl sites for hydroxylation is 1. The predicted octanol–water partition coefficient (Wildman–Crippen LogP) is 5.72. The van der Waals surface area contributed by atoms with E-state index in [9.17, 15) is 18.0 Å². The molecule has 1 atom stereocenters. The topological polar surface area (TPSA) is 54.0 Å². The number of hydrogen-bond donors (Lipinski definition) is 2. The third-order valence-electron chi connectivity index (χ3n) is 5.06. The summed E-state index contributed by atoms with van der Waals surface area (Å²) in [7, 11) is 0. The molecule has 1 aliphatic rings. The van der Waals surface area contributed by atoms with Crippen LogP contribution >= 0.6 is 0 Å². The van der Waals surface area contributed by atoms with Gasteiger partial charge in [-0.15, -0.1) is 0 Å². The highest BCUT2D eigenvalue weighted by atomic mass is 19.4. The number of hydrogen-bond acceptors (Lipinski definition) is 3. The van der Waals surface area contributed by atoms with Gasteiger partial charge in [0.15, 0.2) is 0 Å². The minimum atomic E-state index is -4.45. The Balaban J connectivity index is 1.83. The van der Waals surface area contributed by atoms with Crippen molar-refractivity contribution in [3.8, 4) is 0 Å². The van der Waals surface area contributed by atoms with Gasteiger partial charge >= 0.3 is 6.18 Å². The van der Waals surface area contributed by atoms with Gasteiger partial charge < -0.3 is 10.6 Å². The van der Waals surface area contributed by atoms with Crippen molar-refractivity contribution >= 4 is 17.3 Å². The second-order valence-corrected chi connectivity index (χ2v) is 7.64. The molecule has 4 nitrogen and oxygen atoms in total. The maximum atomic E-state index is 12.7. The number of halogens is 3. The molecule has 0 spiro atoms. The highest BCUT2D eigenvalue weighted by Gasteiger charge is 2.32. The van der Waals surface area contributed by atoms with E-state index >= 15 is 0 Å². The molecule has 154 valence electrons. The van der Waals surface area contributed by atoms with Gasteiger partial charge in [0.25, 0.3) is 0 Å². The number of rotatable bonds is 4. The third kappa shape index (κ3) is 4.60. The molecule has 1 aromatic heterocycles. The number of aromatic nitrogens is 1. The van der Waals surface area contributed by atoms with Crippen LogP contribution < -0.4 is 10.6 Å². The Bertz CT molecular complexity index is 959. The average molecular weight is 403 g/mol. The van der Waals surface area contributed by atoms with E-state index in [2.05, 4.69) is 15.6 Å². The van der Waals surface area contributed by atoms with Crippen molar-refractivity contribution in [2.24, 2.45) is 0 Å². The Morgan fingerprint density at radius 3 is 2.55 bits per heavy atom. The monoisotopic (exact) mass is 403 g/mol. The first kappa shape index (κ1) is 20.9. The number of amides is 1. The van der Waals surface area contributed by atoms with Crippen LogP contribution in [0.4, 0.5) is 24.5 Å². The fourth-order valence-corrected chi connectivity index (χ4v) is 3.75. The van der Waals surface area contributed by atoms with Crippen LogP contribution in [0.15, 0.2) is 36.0 Å². The zero-order chi connectivity index (χ0) is 21.3. The maximum absolute atomic E-state index is 12.7. The summed E-state index contributed by atoms with van der Waals surface area (Å²) in [5.41, 5.74) is 5.66.